The highest BCUT2D eigenvalue weighted by molar-refractivity contribution is 9.10. The third kappa shape index (κ3) is 2.81. The van der Waals surface area contributed by atoms with Gasteiger partial charge in [-0.15, -0.1) is 0 Å². The molecule has 0 spiro atoms. The Labute approximate surface area is 156 Å². The minimum absolute atomic E-state index is 0.227. The first-order valence-corrected chi connectivity index (χ1v) is 8.64. The Kier molecular flexibility index (Phi) is 4.04. The number of aromatic nitrogens is 4. The van der Waals surface area contributed by atoms with Crippen LogP contribution in [0, 0.1) is 0 Å². The van der Waals surface area contributed by atoms with Crippen molar-refractivity contribution >= 4 is 50.8 Å². The molecule has 8 heteroatoms. The maximum atomic E-state index is 6.39. The smallest absolute Gasteiger partial charge is 0.248 e. The van der Waals surface area contributed by atoms with Gasteiger partial charge in [0.15, 0.2) is 0 Å². The number of anilines is 1. The van der Waals surface area contributed by atoms with Crippen LogP contribution in [-0.4, -0.2) is 20.2 Å². The summed E-state index contributed by atoms with van der Waals surface area (Å²) in [6.45, 7) is 0. The van der Waals surface area contributed by atoms with Gasteiger partial charge in [0.1, 0.15) is 6.04 Å². The van der Waals surface area contributed by atoms with E-state index in [1.807, 2.05) is 36.4 Å². The minimum Gasteiger partial charge on any atom is -0.323 e. The number of nitrogens with zero attached hydrogens (tertiary/aromatic N) is 4. The largest absolute Gasteiger partial charge is 0.323 e. The number of fused-ring (bicyclic) bond motifs is 1. The lowest BCUT2D eigenvalue weighted by Gasteiger charge is -2.24. The predicted molar refractivity (Wildman–Crippen MR) is 98.2 cm³/mol. The van der Waals surface area contributed by atoms with Crippen molar-refractivity contribution in [3.63, 3.8) is 0 Å². The third-order valence-electron chi connectivity index (χ3n) is 3.74. The fourth-order valence-electron chi connectivity index (χ4n) is 2.64. The fourth-order valence-corrected chi connectivity index (χ4v) is 3.56. The average Bonchev–Trinajstić information content (AvgIpc) is 3.03. The van der Waals surface area contributed by atoms with Gasteiger partial charge in [0.25, 0.3) is 0 Å². The van der Waals surface area contributed by atoms with Gasteiger partial charge in [-0.2, -0.15) is 4.68 Å². The summed E-state index contributed by atoms with van der Waals surface area (Å²) in [5, 5.41) is 16.3. The van der Waals surface area contributed by atoms with E-state index in [0.29, 0.717) is 16.0 Å². The fraction of sp³-hybridized carbons (Fsp3) is 0.0625. The Morgan fingerprint density at radius 2 is 2.00 bits per heavy atom. The normalized spacial score (nSPS) is 16.3. The maximum absolute atomic E-state index is 6.39. The highest BCUT2D eigenvalue weighted by Gasteiger charge is 2.26. The van der Waals surface area contributed by atoms with Crippen molar-refractivity contribution < 1.29 is 0 Å². The van der Waals surface area contributed by atoms with Crippen LogP contribution in [0.15, 0.2) is 53.0 Å². The van der Waals surface area contributed by atoms with E-state index in [-0.39, 0.29) is 6.04 Å². The van der Waals surface area contributed by atoms with Crippen LogP contribution in [0.5, 0.6) is 0 Å². The zero-order chi connectivity index (χ0) is 16.7. The first kappa shape index (κ1) is 15.6. The van der Waals surface area contributed by atoms with Crippen LogP contribution in [0.2, 0.25) is 10.0 Å². The van der Waals surface area contributed by atoms with E-state index < -0.39 is 0 Å². The molecule has 3 aromatic rings. The molecule has 0 aliphatic carbocycles. The van der Waals surface area contributed by atoms with Crippen LogP contribution in [0.1, 0.15) is 17.2 Å². The summed E-state index contributed by atoms with van der Waals surface area (Å²) in [6, 6.07) is 13.2. The molecule has 0 bridgehead atoms. The van der Waals surface area contributed by atoms with E-state index in [4.69, 9.17) is 23.2 Å². The van der Waals surface area contributed by atoms with E-state index in [9.17, 15) is 0 Å². The molecule has 1 aliphatic heterocycles. The van der Waals surface area contributed by atoms with Gasteiger partial charge in [-0.25, -0.2) is 0 Å². The number of rotatable bonds is 2. The molecule has 24 heavy (non-hydrogen) atoms. The lowest BCUT2D eigenvalue weighted by Crippen LogP contribution is -2.20. The monoisotopic (exact) mass is 421 g/mol. The van der Waals surface area contributed by atoms with Crippen molar-refractivity contribution in [2.24, 2.45) is 0 Å². The van der Waals surface area contributed by atoms with Gasteiger partial charge in [0.2, 0.25) is 5.95 Å². The molecule has 4 rings (SSSR count). The lowest BCUT2D eigenvalue weighted by molar-refractivity contribution is 0.586. The molecule has 0 saturated heterocycles. The summed E-state index contributed by atoms with van der Waals surface area (Å²) < 4.78 is 2.69. The molecular formula is C16H10BrCl2N5. The zero-order valence-electron chi connectivity index (χ0n) is 12.1. The van der Waals surface area contributed by atoms with Gasteiger partial charge < -0.3 is 5.32 Å². The lowest BCUT2D eigenvalue weighted by atomic mass is 10.0. The first-order chi connectivity index (χ1) is 11.6. The molecule has 120 valence electrons. The number of hydrogen-bond acceptors (Lipinski definition) is 4. The van der Waals surface area contributed by atoms with Crippen LogP contribution in [0.25, 0.3) is 5.70 Å². The number of nitrogens with one attached hydrogen (secondary N) is 1. The van der Waals surface area contributed by atoms with E-state index in [2.05, 4.69) is 36.8 Å². The van der Waals surface area contributed by atoms with Gasteiger partial charge >= 0.3 is 0 Å². The van der Waals surface area contributed by atoms with Crippen molar-refractivity contribution in [3.8, 4) is 0 Å². The molecule has 0 unspecified atom stereocenters. The van der Waals surface area contributed by atoms with Crippen LogP contribution >= 0.6 is 39.1 Å². The highest BCUT2D eigenvalue weighted by Crippen LogP contribution is 2.36. The Balaban J connectivity index is 1.85. The quantitative estimate of drug-likeness (QED) is 0.644. The van der Waals surface area contributed by atoms with Gasteiger partial charge in [0, 0.05) is 20.2 Å². The maximum Gasteiger partial charge on any atom is 0.248 e. The second-order valence-electron chi connectivity index (χ2n) is 5.27. The molecule has 1 N–H and O–H groups in total. The summed E-state index contributed by atoms with van der Waals surface area (Å²) in [6.07, 6.45) is 2.04. The number of tetrazole rings is 1. The second-order valence-corrected chi connectivity index (χ2v) is 7.03. The van der Waals surface area contributed by atoms with Crippen LogP contribution in [0.3, 0.4) is 0 Å². The molecule has 2 aromatic carbocycles. The summed E-state index contributed by atoms with van der Waals surface area (Å²) in [7, 11) is 0. The topological polar surface area (TPSA) is 55.6 Å². The van der Waals surface area contributed by atoms with Gasteiger partial charge in [-0.3, -0.25) is 0 Å². The van der Waals surface area contributed by atoms with Crippen molar-refractivity contribution in [1.29, 1.82) is 0 Å². The summed E-state index contributed by atoms with van der Waals surface area (Å²) in [4.78, 5) is 0. The molecule has 0 fully saturated rings. The molecule has 1 aliphatic rings. The van der Waals surface area contributed by atoms with Crippen molar-refractivity contribution in [3.05, 3.63) is 74.2 Å². The Morgan fingerprint density at radius 1 is 1.12 bits per heavy atom. The zero-order valence-corrected chi connectivity index (χ0v) is 15.2. The molecule has 0 amide bonds. The van der Waals surface area contributed by atoms with Crippen LogP contribution < -0.4 is 5.32 Å². The predicted octanol–water partition coefficient (Wildman–Crippen LogP) is 4.80. The van der Waals surface area contributed by atoms with Gasteiger partial charge in [0.05, 0.1) is 0 Å². The van der Waals surface area contributed by atoms with Crippen LogP contribution in [-0.2, 0) is 0 Å². The number of hydrogen-bond donors (Lipinski definition) is 1. The molecule has 0 radical (unpaired) electrons. The van der Waals surface area contributed by atoms with Crippen molar-refractivity contribution in [2.75, 3.05) is 5.32 Å². The van der Waals surface area contributed by atoms with E-state index >= 15 is 0 Å². The number of halogens is 3. The van der Waals surface area contributed by atoms with E-state index in [0.717, 1.165) is 21.3 Å². The average molecular weight is 423 g/mol. The molecular weight excluding hydrogens is 413 g/mol. The van der Waals surface area contributed by atoms with E-state index in [1.54, 1.807) is 16.8 Å². The second kappa shape index (κ2) is 6.20. The SMILES string of the molecule is Clc1ccc([C@H]2C=C(c3cccc(Br)c3)Nc3nnnn32)c(Cl)c1. The van der Waals surface area contributed by atoms with Crippen LogP contribution in [0.4, 0.5) is 5.95 Å². The molecule has 1 atom stereocenters. The highest BCUT2D eigenvalue weighted by atomic mass is 79.9. The molecule has 5 nitrogen and oxygen atoms in total. The number of allylic oxidation sites excluding steroid dienone is 1. The van der Waals surface area contributed by atoms with Gasteiger partial charge in [-0.05, 0) is 51.9 Å². The minimum atomic E-state index is -0.227. The van der Waals surface area contributed by atoms with Crippen molar-refractivity contribution in [2.45, 2.75) is 6.04 Å². The van der Waals surface area contributed by atoms with Crippen molar-refractivity contribution in [1.82, 2.24) is 20.2 Å². The molecule has 1 aromatic heterocycles. The Hall–Kier alpha value is -1.89. The Bertz CT molecular complexity index is 953. The summed E-state index contributed by atoms with van der Waals surface area (Å²) in [5.41, 5.74) is 2.81. The Morgan fingerprint density at radius 3 is 2.79 bits per heavy atom. The summed E-state index contributed by atoms with van der Waals surface area (Å²) >= 11 is 15.9. The molecule has 2 heterocycles. The third-order valence-corrected chi connectivity index (χ3v) is 4.80. The van der Waals surface area contributed by atoms with Gasteiger partial charge in [-0.1, -0.05) is 62.4 Å². The summed E-state index contributed by atoms with van der Waals surface area (Å²) in [5.74, 6) is 0.559. The standard InChI is InChI=1S/C16H10BrCl2N5/c17-10-3-1-2-9(6-10)14-8-15(24-16(20-14)21-22-23-24)12-5-4-11(18)7-13(12)19/h1-8,15H,(H,20,21,23)/t15-/m1/s1. The first-order valence-electron chi connectivity index (χ1n) is 7.09. The molecule has 0 saturated carbocycles. The van der Waals surface area contributed by atoms with E-state index in [1.165, 1.54) is 0 Å². The number of benzene rings is 2.